The van der Waals surface area contributed by atoms with Gasteiger partial charge in [0.2, 0.25) is 17.2 Å². The zero-order valence-corrected chi connectivity index (χ0v) is 43.9. The van der Waals surface area contributed by atoms with E-state index >= 15 is 0 Å². The fourth-order valence-electron chi connectivity index (χ4n) is 7.84. The van der Waals surface area contributed by atoms with Gasteiger partial charge in [0.05, 0.1) is 12.9 Å². The van der Waals surface area contributed by atoms with Gasteiger partial charge in [0.25, 0.3) is 11.5 Å². The van der Waals surface area contributed by atoms with Crippen LogP contribution in [0.2, 0.25) is 0 Å². The molecule has 2 aromatic heterocycles. The fraction of sp³-hybridized carbons (Fsp3) is 0.357. The van der Waals surface area contributed by atoms with E-state index in [1.54, 1.807) is 29.4 Å². The number of H-pyrrole nitrogens is 1. The van der Waals surface area contributed by atoms with Crippen molar-refractivity contribution in [3.8, 4) is 21.6 Å². The number of imidazole rings is 1. The maximum absolute atomic E-state index is 14.2. The van der Waals surface area contributed by atoms with Gasteiger partial charge in [0.15, 0.2) is 23.5 Å². The number of fused-ring (bicyclic) bond motifs is 3. The average Bonchev–Trinajstić information content (AvgIpc) is 3.86. The number of carbonyl (C=O) groups excluding carboxylic acids is 3. The molecule has 4 aromatic rings. The minimum atomic E-state index is -5.71. The molecule has 26 nitrogen and oxygen atoms in total. The van der Waals surface area contributed by atoms with E-state index < -0.39 is 65.2 Å². The molecule has 3 amide bonds. The van der Waals surface area contributed by atoms with Crippen molar-refractivity contribution >= 4 is 96.3 Å². The van der Waals surface area contributed by atoms with Crippen molar-refractivity contribution < 1.29 is 70.8 Å². The van der Waals surface area contributed by atoms with Crippen molar-refractivity contribution in [1.29, 1.82) is 0 Å². The van der Waals surface area contributed by atoms with E-state index in [0.717, 1.165) is 53.6 Å². The third kappa shape index (κ3) is 13.4. The average molecular weight is 1110 g/mol. The van der Waals surface area contributed by atoms with Crippen LogP contribution in [0.5, 0.6) is 0 Å². The van der Waals surface area contributed by atoms with Gasteiger partial charge >= 0.3 is 28.5 Å². The Hall–Kier alpha value is -5.54. The van der Waals surface area contributed by atoms with Gasteiger partial charge in [-0.25, -0.2) is 27.8 Å². The SMILES string of the molecule is CN(CCCC(=O)NCCNC(=O)O[C@H]1[C@@H](O)[C@H](n2cnc3c(=O)[nH]c(N)nc32)O[C@@H]1COP(=O)(O)OP(=O)(O)OP(O)(O)=S)C(=O)c1ccccc1-c1c2ccc(=[N+](C)C)cc-2sc2cc(N(C)C)ccc12. The molecule has 31 heteroatoms. The molecule has 2 unspecified atom stereocenters. The van der Waals surface area contributed by atoms with Gasteiger partial charge in [-0.1, -0.05) is 24.3 Å². The van der Waals surface area contributed by atoms with Gasteiger partial charge in [0, 0.05) is 91.1 Å². The Bertz CT molecular complexity index is 3330. The summed E-state index contributed by atoms with van der Waals surface area (Å²) in [6.07, 6.45) is -6.65. The predicted octanol–water partition coefficient (Wildman–Crippen LogP) is 2.27. The standard InChI is InChI=1S/C42H51N10O16P3S2/c1-49(2)23-12-14-27-30(19-23)73-31-20-24(50(3)4)13-15-28(31)33(27)25-9-6-7-10-26(25)39(56)51(5)18-8-11-32(53)44-16-17-45-42(57)66-36-29(21-64-69(58,59)67-70(60,61)68-71(62,63)72)65-40(35(36)54)52-22-46-34-37(52)47-41(43)48-38(34)55/h6-7,9-10,12-15,19-20,22,29,35-36,40,54H,8,11,16-18,21H2,1-5H3,(H8-,43,44,45,47,48,53,55,57,58,59,60,61,62,63,72)/p+1/t29-,35-,36-,40-/m1/s1. The second-order valence-electron chi connectivity index (χ2n) is 16.9. The zero-order valence-electron chi connectivity index (χ0n) is 39.5. The highest BCUT2D eigenvalue weighted by Crippen LogP contribution is 2.66. The van der Waals surface area contributed by atoms with Gasteiger partial charge in [-0.15, -0.1) is 11.3 Å². The maximum atomic E-state index is 14.2. The minimum absolute atomic E-state index is 0.0252. The van der Waals surface area contributed by atoms with Gasteiger partial charge in [-0.2, -0.15) is 9.29 Å². The number of aromatic nitrogens is 4. The highest BCUT2D eigenvalue weighted by Gasteiger charge is 2.49. The van der Waals surface area contributed by atoms with Crippen LogP contribution >= 0.6 is 33.7 Å². The van der Waals surface area contributed by atoms with E-state index in [4.69, 9.17) is 19.7 Å². The molecule has 392 valence electrons. The monoisotopic (exact) mass is 1110 g/mol. The summed E-state index contributed by atoms with van der Waals surface area (Å²) in [5.74, 6) is -0.952. The van der Waals surface area contributed by atoms with Crippen LogP contribution < -0.4 is 36.8 Å². The van der Waals surface area contributed by atoms with Crippen LogP contribution in [0.3, 0.4) is 0 Å². The number of hydrogen-bond donors (Lipinski definition) is 9. The number of aliphatic hydroxyl groups excluding tert-OH is 1. The van der Waals surface area contributed by atoms with Crippen molar-refractivity contribution in [2.24, 2.45) is 0 Å². The second kappa shape index (κ2) is 22.5. The summed E-state index contributed by atoms with van der Waals surface area (Å²) in [5.41, 5.74) is 8.79. The Morgan fingerprint density at radius 1 is 0.986 bits per heavy atom. The Kier molecular flexibility index (Phi) is 17.0. The Labute approximate surface area is 424 Å². The molecule has 1 fully saturated rings. The van der Waals surface area contributed by atoms with E-state index in [9.17, 15) is 53.0 Å². The Balaban J connectivity index is 0.953. The summed E-state index contributed by atoms with van der Waals surface area (Å²) < 4.78 is 52.6. The highest BCUT2D eigenvalue weighted by molar-refractivity contribution is 8.08. The molecule has 73 heavy (non-hydrogen) atoms. The van der Waals surface area contributed by atoms with E-state index in [1.165, 1.54) is 0 Å². The molecular formula is C42H52N10O16P3S2+. The number of carbonyl (C=O) groups is 3. The topological polar surface area (TPSA) is 356 Å². The maximum Gasteiger partial charge on any atom is 0.488 e. The lowest BCUT2D eigenvalue weighted by molar-refractivity contribution is -0.121. The molecule has 1 saturated heterocycles. The van der Waals surface area contributed by atoms with Crippen molar-refractivity contribution in [2.45, 2.75) is 37.4 Å². The number of hydrogen-bond acceptors (Lipinski definition) is 18. The van der Waals surface area contributed by atoms with Gasteiger partial charge in [0.1, 0.15) is 26.3 Å². The summed E-state index contributed by atoms with van der Waals surface area (Å²) in [4.78, 5) is 106. The number of phosphoric acid groups is 2. The third-order valence-electron chi connectivity index (χ3n) is 11.2. The summed E-state index contributed by atoms with van der Waals surface area (Å²) in [6, 6.07) is 20.0. The highest BCUT2D eigenvalue weighted by atomic mass is 32.5. The number of phosphoric ester groups is 1. The summed E-state index contributed by atoms with van der Waals surface area (Å²) >= 11 is 5.77. The number of benzene rings is 3. The largest absolute Gasteiger partial charge is 0.488 e. The number of nitrogens with two attached hydrogens (primary N) is 1. The van der Waals surface area contributed by atoms with E-state index in [2.05, 4.69) is 82.4 Å². The lowest BCUT2D eigenvalue weighted by Crippen LogP contribution is -2.42. The fourth-order valence-corrected chi connectivity index (χ4v) is 12.8. The normalized spacial score (nSPS) is 18.5. The number of alkyl carbamates (subject to hydrolysis) is 1. The van der Waals surface area contributed by atoms with Crippen LogP contribution in [0.4, 0.5) is 16.4 Å². The number of anilines is 2. The number of aliphatic hydroxyl groups is 1. The number of amides is 3. The number of aromatic amines is 1. The molecule has 3 aliphatic rings. The quantitative estimate of drug-likeness (QED) is 0.0243. The van der Waals surface area contributed by atoms with Crippen molar-refractivity contribution in [1.82, 2.24) is 39.6 Å². The number of nitrogens with zero attached hydrogens (tertiary/aromatic N) is 6. The van der Waals surface area contributed by atoms with Crippen LogP contribution in [-0.4, -0.2) is 147 Å². The van der Waals surface area contributed by atoms with Gasteiger partial charge < -0.3 is 60.3 Å². The minimum Gasteiger partial charge on any atom is -0.440 e. The molecule has 0 spiro atoms. The van der Waals surface area contributed by atoms with Crippen LogP contribution in [0.25, 0.3) is 42.8 Å². The number of rotatable bonds is 19. The van der Waals surface area contributed by atoms with E-state index in [0.29, 0.717) is 12.0 Å². The van der Waals surface area contributed by atoms with Gasteiger partial charge in [-0.3, -0.25) is 28.5 Å². The summed E-state index contributed by atoms with van der Waals surface area (Å²) in [5, 5.41) is 18.4. The summed E-state index contributed by atoms with van der Waals surface area (Å²) in [7, 11) is -1.72. The van der Waals surface area contributed by atoms with Crippen LogP contribution in [0.15, 0.2) is 71.8 Å². The predicted molar refractivity (Wildman–Crippen MR) is 272 cm³/mol. The number of nitrogen functional groups attached to an aromatic ring is 1. The molecule has 6 atom stereocenters. The number of nitrogens with one attached hydrogen (secondary N) is 3. The molecule has 1 aliphatic carbocycles. The molecule has 0 saturated carbocycles. The summed E-state index contributed by atoms with van der Waals surface area (Å²) in [6.45, 7) is -6.03. The smallest absolute Gasteiger partial charge is 0.440 e. The lowest BCUT2D eigenvalue weighted by atomic mass is 9.91. The van der Waals surface area contributed by atoms with Crippen LogP contribution in [-0.2, 0) is 48.4 Å². The number of ether oxygens (including phenoxy) is 2. The van der Waals surface area contributed by atoms with Crippen molar-refractivity contribution in [3.63, 3.8) is 0 Å². The lowest BCUT2D eigenvalue weighted by Gasteiger charge is -2.22. The van der Waals surface area contributed by atoms with Crippen molar-refractivity contribution in [3.05, 3.63) is 88.3 Å². The molecule has 2 aliphatic heterocycles. The first-order chi connectivity index (χ1) is 34.3. The first-order valence-electron chi connectivity index (χ1n) is 21.9. The molecule has 0 radical (unpaired) electrons. The molecule has 0 bridgehead atoms. The van der Waals surface area contributed by atoms with Crippen molar-refractivity contribution in [2.75, 3.05) is 72.1 Å². The zero-order chi connectivity index (χ0) is 53.2. The van der Waals surface area contributed by atoms with Crippen LogP contribution in [0, 0.1) is 0 Å². The molecule has 4 heterocycles. The molecule has 7 rings (SSSR count). The first-order valence-corrected chi connectivity index (χ1v) is 28.3. The molecular weight excluding hydrogens is 1060 g/mol. The van der Waals surface area contributed by atoms with Gasteiger partial charge in [-0.05, 0) is 53.6 Å². The molecule has 10 N–H and O–H groups in total. The third-order valence-corrected chi connectivity index (χ3v) is 16.7. The Morgan fingerprint density at radius 3 is 2.42 bits per heavy atom. The molecule has 2 aromatic carbocycles. The first kappa shape index (κ1) is 55.2. The second-order valence-corrected chi connectivity index (χ2v) is 23.8. The van der Waals surface area contributed by atoms with Crippen LogP contribution in [0.1, 0.15) is 29.4 Å². The Morgan fingerprint density at radius 2 is 1.71 bits per heavy atom. The van der Waals surface area contributed by atoms with E-state index in [-0.39, 0.29) is 55.0 Å². The van der Waals surface area contributed by atoms with E-state index in [1.807, 2.05) is 55.9 Å².